The average molecular weight is 648 g/mol. The van der Waals surface area contributed by atoms with Gasteiger partial charge in [-0.2, -0.15) is 26.3 Å². The van der Waals surface area contributed by atoms with Crippen LogP contribution in [0.3, 0.4) is 0 Å². The zero-order valence-corrected chi connectivity index (χ0v) is 25.1. The van der Waals surface area contributed by atoms with Gasteiger partial charge in [-0.05, 0) is 81.3 Å². The minimum absolute atomic E-state index is 0.0219. The van der Waals surface area contributed by atoms with Gasteiger partial charge >= 0.3 is 12.4 Å². The maximum absolute atomic E-state index is 13.8. The van der Waals surface area contributed by atoms with E-state index in [-0.39, 0.29) is 30.1 Å². The molecular formula is C34H35F6N3O3. The molecule has 1 aromatic heterocycles. The van der Waals surface area contributed by atoms with E-state index in [0.717, 1.165) is 37.8 Å². The third-order valence-electron chi connectivity index (χ3n) is 9.81. The fraction of sp³-hybridized carbons (Fsp3) is 0.471. The van der Waals surface area contributed by atoms with Crippen LogP contribution in [0.1, 0.15) is 75.9 Å². The Hall–Kier alpha value is -3.80. The molecule has 3 atom stereocenters. The van der Waals surface area contributed by atoms with Gasteiger partial charge in [0.25, 0.3) is 11.8 Å². The first kappa shape index (κ1) is 32.2. The first-order valence-electron chi connectivity index (χ1n) is 15.6. The average Bonchev–Trinajstić information content (AvgIpc) is 3.71. The minimum atomic E-state index is -5.05. The van der Waals surface area contributed by atoms with E-state index in [1.54, 1.807) is 6.07 Å². The molecule has 46 heavy (non-hydrogen) atoms. The molecule has 3 saturated heterocycles. The van der Waals surface area contributed by atoms with E-state index in [9.17, 15) is 35.9 Å². The minimum Gasteiger partial charge on any atom is -0.472 e. The van der Waals surface area contributed by atoms with E-state index in [2.05, 4.69) is 4.90 Å². The van der Waals surface area contributed by atoms with Gasteiger partial charge < -0.3 is 14.2 Å². The molecule has 2 aromatic carbocycles. The highest BCUT2D eigenvalue weighted by molar-refractivity contribution is 5.95. The summed E-state index contributed by atoms with van der Waals surface area (Å²) in [5.41, 5.74) is -2.56. The molecule has 6 nitrogen and oxygen atoms in total. The summed E-state index contributed by atoms with van der Waals surface area (Å²) in [7, 11) is 0. The van der Waals surface area contributed by atoms with E-state index >= 15 is 0 Å². The molecular weight excluding hydrogens is 612 g/mol. The van der Waals surface area contributed by atoms with Crippen molar-refractivity contribution in [1.29, 1.82) is 0 Å². The Labute approximate surface area is 262 Å². The standard InChI is InChI=1S/C34H35F6N3O3/c35-33(36,37)26-17-25(18-27(19-26)34(38,39)40)30(44)42-14-8-28(20-29(42)16-23-6-2-1-3-7-23)41-12-4-10-32(22-41)11-5-13-43(32)31(45)24-9-15-46-21-24/h1-3,6-7,9,15,17-19,21,28-29H,4-5,8,10-14,16,20,22H2/t28-,29+,32?/m0/s1. The summed E-state index contributed by atoms with van der Waals surface area (Å²) in [6, 6.07) is 11.6. The molecule has 2 amide bonds. The van der Waals surface area contributed by atoms with Crippen LogP contribution in [0.15, 0.2) is 71.5 Å². The van der Waals surface area contributed by atoms with Crippen LogP contribution in [-0.4, -0.2) is 70.3 Å². The Kier molecular flexibility index (Phi) is 8.69. The second-order valence-electron chi connectivity index (χ2n) is 12.7. The van der Waals surface area contributed by atoms with E-state index in [4.69, 9.17) is 4.42 Å². The second-order valence-corrected chi connectivity index (χ2v) is 12.7. The van der Waals surface area contributed by atoms with Crippen molar-refractivity contribution in [1.82, 2.24) is 14.7 Å². The highest BCUT2D eigenvalue weighted by Crippen LogP contribution is 2.41. The van der Waals surface area contributed by atoms with Crippen molar-refractivity contribution in [3.63, 3.8) is 0 Å². The van der Waals surface area contributed by atoms with Crippen LogP contribution in [0.2, 0.25) is 0 Å². The zero-order chi connectivity index (χ0) is 32.7. The molecule has 4 heterocycles. The van der Waals surface area contributed by atoms with Gasteiger partial charge in [-0.15, -0.1) is 0 Å². The molecule has 1 spiro atoms. The number of hydrogen-bond acceptors (Lipinski definition) is 4. The quantitative estimate of drug-likeness (QED) is 0.273. The predicted molar refractivity (Wildman–Crippen MR) is 157 cm³/mol. The number of benzene rings is 2. The molecule has 3 aromatic rings. The fourth-order valence-corrected chi connectivity index (χ4v) is 7.63. The molecule has 0 bridgehead atoms. The summed E-state index contributed by atoms with van der Waals surface area (Å²) in [6.07, 6.45) is -2.26. The molecule has 6 rings (SSSR count). The van der Waals surface area contributed by atoms with Crippen LogP contribution in [0.25, 0.3) is 0 Å². The van der Waals surface area contributed by atoms with Crippen LogP contribution < -0.4 is 0 Å². The number of amides is 2. The topological polar surface area (TPSA) is 57.0 Å². The van der Waals surface area contributed by atoms with Crippen LogP contribution in [0.4, 0.5) is 26.3 Å². The third-order valence-corrected chi connectivity index (χ3v) is 9.81. The highest BCUT2D eigenvalue weighted by atomic mass is 19.4. The summed E-state index contributed by atoms with van der Waals surface area (Å²) >= 11 is 0. The number of rotatable bonds is 5. The molecule has 0 radical (unpaired) electrons. The Morgan fingerprint density at radius 3 is 2.13 bits per heavy atom. The summed E-state index contributed by atoms with van der Waals surface area (Å²) < 4.78 is 86.9. The number of carbonyl (C=O) groups excluding carboxylic acids is 2. The number of carbonyl (C=O) groups is 2. The van der Waals surface area contributed by atoms with Crippen LogP contribution in [0, 0.1) is 0 Å². The Morgan fingerprint density at radius 1 is 0.826 bits per heavy atom. The number of nitrogens with zero attached hydrogens (tertiary/aromatic N) is 3. The van der Waals surface area contributed by atoms with Crippen LogP contribution in [-0.2, 0) is 18.8 Å². The maximum atomic E-state index is 13.8. The van der Waals surface area contributed by atoms with E-state index < -0.39 is 41.0 Å². The SMILES string of the molecule is O=C(c1cc(C(F)(F)F)cc(C(F)(F)F)c1)N1CC[C@H](N2CCCC3(CCCN3C(=O)c3ccoc3)C2)C[C@H]1Cc1ccccc1. The van der Waals surface area contributed by atoms with Crippen LogP contribution >= 0.6 is 0 Å². The number of likely N-dealkylation sites (tertiary alicyclic amines) is 3. The first-order chi connectivity index (χ1) is 21.8. The molecule has 0 N–H and O–H groups in total. The van der Waals surface area contributed by atoms with E-state index in [0.29, 0.717) is 50.0 Å². The molecule has 3 fully saturated rings. The van der Waals surface area contributed by atoms with Crippen molar-refractivity contribution in [2.45, 2.75) is 74.9 Å². The van der Waals surface area contributed by atoms with Crippen molar-refractivity contribution >= 4 is 11.8 Å². The normalized spacial score (nSPS) is 24.5. The van der Waals surface area contributed by atoms with Crippen molar-refractivity contribution < 1.29 is 40.3 Å². The first-order valence-corrected chi connectivity index (χ1v) is 15.6. The van der Waals surface area contributed by atoms with Gasteiger partial charge in [-0.3, -0.25) is 14.5 Å². The van der Waals surface area contributed by atoms with Crippen molar-refractivity contribution in [2.24, 2.45) is 0 Å². The zero-order valence-electron chi connectivity index (χ0n) is 25.1. The largest absolute Gasteiger partial charge is 0.472 e. The van der Waals surface area contributed by atoms with Crippen molar-refractivity contribution in [3.05, 3.63) is 94.9 Å². The van der Waals surface area contributed by atoms with E-state index in [1.165, 1.54) is 17.4 Å². The Bertz CT molecular complexity index is 1510. The second kappa shape index (κ2) is 12.4. The number of hydrogen-bond donors (Lipinski definition) is 0. The number of piperidine rings is 2. The molecule has 1 unspecified atom stereocenters. The number of furan rings is 1. The lowest BCUT2D eigenvalue weighted by Gasteiger charge is -2.51. The van der Waals surface area contributed by atoms with E-state index in [1.807, 2.05) is 35.2 Å². The summed E-state index contributed by atoms with van der Waals surface area (Å²) in [5, 5.41) is 0. The smallest absolute Gasteiger partial charge is 0.416 e. The summed E-state index contributed by atoms with van der Waals surface area (Å²) in [4.78, 5) is 33.0. The predicted octanol–water partition coefficient (Wildman–Crippen LogP) is 7.30. The van der Waals surface area contributed by atoms with Gasteiger partial charge in [-0.25, -0.2) is 0 Å². The third kappa shape index (κ3) is 6.54. The van der Waals surface area contributed by atoms with Gasteiger partial charge in [0.2, 0.25) is 0 Å². The van der Waals surface area contributed by atoms with Crippen LogP contribution in [0.5, 0.6) is 0 Å². The van der Waals surface area contributed by atoms with Gasteiger partial charge in [0, 0.05) is 37.3 Å². The van der Waals surface area contributed by atoms with Crippen molar-refractivity contribution in [2.75, 3.05) is 26.2 Å². The Morgan fingerprint density at radius 2 is 1.50 bits per heavy atom. The lowest BCUT2D eigenvalue weighted by molar-refractivity contribution is -0.143. The van der Waals surface area contributed by atoms with Gasteiger partial charge in [0.05, 0.1) is 28.5 Å². The highest BCUT2D eigenvalue weighted by Gasteiger charge is 2.48. The lowest BCUT2D eigenvalue weighted by atomic mass is 9.83. The molecule has 3 aliphatic heterocycles. The Balaban J connectivity index is 1.26. The monoisotopic (exact) mass is 647 g/mol. The fourth-order valence-electron chi connectivity index (χ4n) is 7.63. The molecule has 0 saturated carbocycles. The van der Waals surface area contributed by atoms with Gasteiger partial charge in [-0.1, -0.05) is 30.3 Å². The summed E-state index contributed by atoms with van der Waals surface area (Å²) in [5.74, 6) is -0.909. The lowest BCUT2D eigenvalue weighted by Crippen LogP contribution is -2.61. The van der Waals surface area contributed by atoms with Gasteiger partial charge in [0.15, 0.2) is 0 Å². The number of alkyl halides is 6. The summed E-state index contributed by atoms with van der Waals surface area (Å²) in [6.45, 7) is 2.29. The number of halogens is 6. The maximum Gasteiger partial charge on any atom is 0.416 e. The molecule has 12 heteroatoms. The van der Waals surface area contributed by atoms with Gasteiger partial charge in [0.1, 0.15) is 6.26 Å². The molecule has 0 aliphatic carbocycles. The molecule has 246 valence electrons. The van der Waals surface area contributed by atoms with Crippen molar-refractivity contribution in [3.8, 4) is 0 Å². The molecule has 3 aliphatic rings.